The van der Waals surface area contributed by atoms with Gasteiger partial charge in [0, 0.05) is 26.3 Å². The molecule has 1 fully saturated rings. The van der Waals surface area contributed by atoms with Crippen LogP contribution in [-0.2, 0) is 36.8 Å². The van der Waals surface area contributed by atoms with Gasteiger partial charge in [-0.15, -0.1) is 0 Å². The molecule has 1 amide bonds. The summed E-state index contributed by atoms with van der Waals surface area (Å²) in [7, 11) is -5.41. The van der Waals surface area contributed by atoms with E-state index in [-0.39, 0.29) is 28.4 Å². The van der Waals surface area contributed by atoms with Crippen molar-refractivity contribution < 1.29 is 22.2 Å². The van der Waals surface area contributed by atoms with E-state index in [0.29, 0.717) is 42.6 Å². The van der Waals surface area contributed by atoms with Gasteiger partial charge in [0.15, 0.2) is 0 Å². The van der Waals surface area contributed by atoms with E-state index in [9.17, 15) is 17.4 Å². The molecule has 9 heteroatoms. The molecule has 1 unspecified atom stereocenters. The lowest BCUT2D eigenvalue weighted by atomic mass is 9.99. The lowest BCUT2D eigenvalue weighted by molar-refractivity contribution is -0.116. The Morgan fingerprint density at radius 1 is 1.11 bits per heavy atom. The van der Waals surface area contributed by atoms with Crippen LogP contribution in [0.25, 0.3) is 0 Å². The fourth-order valence-electron chi connectivity index (χ4n) is 4.55. The third-order valence-electron chi connectivity index (χ3n) is 6.56. The van der Waals surface area contributed by atoms with Crippen LogP contribution in [-0.4, -0.2) is 50.6 Å². The maximum atomic E-state index is 13.9. The second kappa shape index (κ2) is 10.8. The molecule has 0 saturated carbocycles. The van der Waals surface area contributed by atoms with E-state index in [2.05, 4.69) is 6.92 Å². The van der Waals surface area contributed by atoms with Crippen LogP contribution >= 0.6 is 0 Å². The van der Waals surface area contributed by atoms with Crippen molar-refractivity contribution in [2.75, 3.05) is 41.3 Å². The summed E-state index contributed by atoms with van der Waals surface area (Å²) in [5.41, 5.74) is 2.18. The molecule has 2 heterocycles. The zero-order chi connectivity index (χ0) is 25.2. The molecule has 0 radical (unpaired) electrons. The number of ether oxygens (including phenoxy) is 1. The minimum absolute atomic E-state index is 0.0778. The third kappa shape index (κ3) is 5.62. The maximum absolute atomic E-state index is 13.9. The van der Waals surface area contributed by atoms with Crippen molar-refractivity contribution >= 4 is 38.1 Å². The Kier molecular flexibility index (Phi) is 7.98. The number of carbonyl (C=O) groups excluding carboxylic acids is 1. The van der Waals surface area contributed by atoms with E-state index in [0.717, 1.165) is 24.8 Å². The van der Waals surface area contributed by atoms with Gasteiger partial charge in [-0.2, -0.15) is 0 Å². The Labute approximate surface area is 211 Å². The van der Waals surface area contributed by atoms with Crippen LogP contribution in [0.1, 0.15) is 39.2 Å². The summed E-state index contributed by atoms with van der Waals surface area (Å²) < 4.78 is 47.4. The number of fused-ring (bicyclic) bond motifs is 1. The molecule has 0 bridgehead atoms. The molecule has 0 N–H and O–H groups in total. The van der Waals surface area contributed by atoms with Crippen LogP contribution in [0.3, 0.4) is 0 Å². The number of anilines is 2. The van der Waals surface area contributed by atoms with Crippen LogP contribution in [0, 0.1) is 11.8 Å². The summed E-state index contributed by atoms with van der Waals surface area (Å²) >= 11 is 0. The average Bonchev–Trinajstić information content (AvgIpc) is 2.85. The van der Waals surface area contributed by atoms with E-state index in [1.807, 2.05) is 38.1 Å². The summed E-state index contributed by atoms with van der Waals surface area (Å²) in [6.45, 7) is 8.12. The Balaban J connectivity index is 1.73. The quantitative estimate of drug-likeness (QED) is 0.528. The monoisotopic (exact) mass is 518 g/mol. The molecule has 1 atom stereocenters. The highest BCUT2D eigenvalue weighted by Gasteiger charge is 2.34. The van der Waals surface area contributed by atoms with Gasteiger partial charge >= 0.3 is 0 Å². The molecule has 0 aromatic heterocycles. The number of sulfonamides is 1. The zero-order valence-corrected chi connectivity index (χ0v) is 22.2. The predicted octanol–water partition coefficient (Wildman–Crippen LogP) is 3.98. The Morgan fingerprint density at radius 3 is 2.43 bits per heavy atom. The van der Waals surface area contributed by atoms with Crippen molar-refractivity contribution in [2.45, 2.75) is 49.8 Å². The molecule has 0 spiro atoms. The van der Waals surface area contributed by atoms with E-state index in [1.54, 1.807) is 11.0 Å². The molecule has 0 aliphatic carbocycles. The Bertz CT molecular complexity index is 1190. The number of aryl methyl sites for hydroxylation is 1. The highest BCUT2D eigenvalue weighted by atomic mass is 32.2. The highest BCUT2D eigenvalue weighted by molar-refractivity contribution is 7.92. The van der Waals surface area contributed by atoms with E-state index in [1.165, 1.54) is 16.4 Å². The maximum Gasteiger partial charge on any atom is 0.264 e. The first-order valence-electron chi connectivity index (χ1n) is 12.2. The number of carbonyl (C=O) groups is 1. The Morgan fingerprint density at radius 2 is 1.80 bits per heavy atom. The number of amides is 1. The largest absolute Gasteiger partial charge is 0.381 e. The first kappa shape index (κ1) is 25.9. The molecular formula is C26H34N2O5S2. The van der Waals surface area contributed by atoms with Crippen molar-refractivity contribution in [1.82, 2.24) is 0 Å². The van der Waals surface area contributed by atoms with E-state index < -0.39 is 20.8 Å². The molecule has 35 heavy (non-hydrogen) atoms. The summed E-state index contributed by atoms with van der Waals surface area (Å²) in [5.74, 6) is 0.0613. The molecule has 2 aromatic carbocycles. The van der Waals surface area contributed by atoms with Crippen molar-refractivity contribution in [3.05, 3.63) is 48.0 Å². The van der Waals surface area contributed by atoms with Crippen molar-refractivity contribution in [3.63, 3.8) is 0 Å². The van der Waals surface area contributed by atoms with Gasteiger partial charge in [-0.3, -0.25) is 13.3 Å². The van der Waals surface area contributed by atoms with Crippen LogP contribution in [0.2, 0.25) is 0 Å². The summed E-state index contributed by atoms with van der Waals surface area (Å²) in [6, 6.07) is 12.2. The molecule has 2 aromatic rings. The molecular weight excluding hydrogens is 484 g/mol. The third-order valence-corrected chi connectivity index (χ3v) is 9.69. The number of rotatable bonds is 8. The predicted molar refractivity (Wildman–Crippen MR) is 139 cm³/mol. The Hall–Kier alpha value is -2.23. The molecule has 1 saturated heterocycles. The highest BCUT2D eigenvalue weighted by Crippen LogP contribution is 2.35. The summed E-state index contributed by atoms with van der Waals surface area (Å²) in [6.07, 6.45) is 2.56. The van der Waals surface area contributed by atoms with Crippen LogP contribution in [0.4, 0.5) is 11.4 Å². The average molecular weight is 519 g/mol. The summed E-state index contributed by atoms with van der Waals surface area (Å²) in [5, 5.41) is 0. The second-order valence-electron chi connectivity index (χ2n) is 9.63. The molecule has 190 valence electrons. The van der Waals surface area contributed by atoms with Gasteiger partial charge < -0.3 is 9.64 Å². The minimum Gasteiger partial charge on any atom is -0.381 e. The zero-order valence-electron chi connectivity index (χ0n) is 20.6. The lowest BCUT2D eigenvalue weighted by Crippen LogP contribution is -2.43. The van der Waals surface area contributed by atoms with Gasteiger partial charge in [0.1, 0.15) is 5.75 Å². The van der Waals surface area contributed by atoms with Gasteiger partial charge in [-0.05, 0) is 67.0 Å². The molecule has 4 rings (SSSR count). The standard InChI is InChI=1S/C26H34N2O5S2/c1-4-20-5-7-22(8-6-20)28(16-19(2)3)35(31,32)23-9-10-25-24(15-23)27(26(29)18-34(25)30)17-21-11-13-33-14-12-21/h5-10,15,19,21H,4,11-14,16-18H2,1-3H3. The number of hydrogen-bond donors (Lipinski definition) is 0. The minimum atomic E-state index is -3.92. The van der Waals surface area contributed by atoms with Gasteiger partial charge in [0.2, 0.25) is 5.91 Å². The second-order valence-corrected chi connectivity index (χ2v) is 12.9. The molecule has 2 aliphatic heterocycles. The topological polar surface area (TPSA) is 84.0 Å². The van der Waals surface area contributed by atoms with Crippen LogP contribution in [0.5, 0.6) is 0 Å². The lowest BCUT2D eigenvalue weighted by Gasteiger charge is -2.34. The smallest absolute Gasteiger partial charge is 0.264 e. The molecule has 7 nitrogen and oxygen atoms in total. The van der Waals surface area contributed by atoms with Crippen molar-refractivity contribution in [1.29, 1.82) is 0 Å². The summed E-state index contributed by atoms with van der Waals surface area (Å²) in [4.78, 5) is 15.1. The van der Waals surface area contributed by atoms with Crippen LogP contribution in [0.15, 0.2) is 52.3 Å². The van der Waals surface area contributed by atoms with Gasteiger partial charge in [0.05, 0.1) is 32.0 Å². The van der Waals surface area contributed by atoms with Gasteiger partial charge in [-0.1, -0.05) is 32.9 Å². The number of benzene rings is 2. The normalized spacial score (nSPS) is 19.1. The first-order chi connectivity index (χ1) is 16.7. The first-order valence-corrected chi connectivity index (χ1v) is 15.0. The van der Waals surface area contributed by atoms with Crippen LogP contribution < -0.4 is 9.21 Å². The van der Waals surface area contributed by atoms with Gasteiger partial charge in [0.25, 0.3) is 10.0 Å². The van der Waals surface area contributed by atoms with E-state index in [4.69, 9.17) is 4.74 Å². The fourth-order valence-corrected chi connectivity index (χ4v) is 7.36. The van der Waals surface area contributed by atoms with Gasteiger partial charge in [-0.25, -0.2) is 8.42 Å². The van der Waals surface area contributed by atoms with Crippen molar-refractivity contribution in [2.24, 2.45) is 11.8 Å². The van der Waals surface area contributed by atoms with E-state index >= 15 is 0 Å². The molecule has 2 aliphatic rings. The van der Waals surface area contributed by atoms with Crippen molar-refractivity contribution in [3.8, 4) is 0 Å². The number of nitrogens with zero attached hydrogens (tertiary/aromatic N) is 2. The SMILES string of the molecule is CCc1ccc(N(CC(C)C)S(=O)(=O)c2ccc3c(c2)N(CC2CCOCC2)C(=O)CS3=O)cc1. The fraction of sp³-hybridized carbons (Fsp3) is 0.500. The number of hydrogen-bond acceptors (Lipinski definition) is 5.